The van der Waals surface area contributed by atoms with E-state index in [1.807, 2.05) is 0 Å². The summed E-state index contributed by atoms with van der Waals surface area (Å²) < 4.78 is 29.2. The van der Waals surface area contributed by atoms with E-state index in [0.717, 1.165) is 0 Å². The van der Waals surface area contributed by atoms with Crippen LogP contribution in [0.4, 0.5) is 15.8 Å². The molecular weight excluding hydrogens is 431 g/mol. The molecule has 0 atom stereocenters. The molecule has 3 rings (SSSR count). The summed E-state index contributed by atoms with van der Waals surface area (Å²) in [6.07, 6.45) is 0. The number of benzene rings is 3. The van der Waals surface area contributed by atoms with Gasteiger partial charge in [0.15, 0.2) is 13.2 Å². The summed E-state index contributed by atoms with van der Waals surface area (Å²) in [7, 11) is 1.53. The summed E-state index contributed by atoms with van der Waals surface area (Å²) in [5.74, 6) is -1.80. The maximum Gasteiger partial charge on any atom is 0.342 e. The first-order valence-corrected chi connectivity index (χ1v) is 9.83. The van der Waals surface area contributed by atoms with Crippen LogP contribution >= 0.6 is 0 Å². The minimum absolute atomic E-state index is 0.0154. The lowest BCUT2D eigenvalue weighted by Crippen LogP contribution is -2.23. The molecule has 0 saturated carbocycles. The van der Waals surface area contributed by atoms with Crippen molar-refractivity contribution in [2.75, 3.05) is 31.0 Å². The second kappa shape index (κ2) is 11.3. The molecule has 8 nitrogen and oxygen atoms in total. The molecule has 0 aliphatic heterocycles. The van der Waals surface area contributed by atoms with Crippen molar-refractivity contribution in [3.63, 3.8) is 0 Å². The standard InChI is InChI=1S/C24H21FN2O6/c1-31-17-12-10-16(11-13-17)26-22(28)15-33-24(30)18-6-2-5-9-21(18)32-14-23(29)27-20-8-4-3-7-19(20)25/h2-13H,14-15H2,1H3,(H,26,28)(H,27,29). The molecule has 0 radical (unpaired) electrons. The second-order valence-electron chi connectivity index (χ2n) is 6.67. The highest BCUT2D eigenvalue weighted by molar-refractivity contribution is 5.97. The molecule has 0 spiro atoms. The summed E-state index contributed by atoms with van der Waals surface area (Å²) in [6, 6.07) is 18.5. The van der Waals surface area contributed by atoms with Gasteiger partial charge in [-0.15, -0.1) is 0 Å². The lowest BCUT2D eigenvalue weighted by molar-refractivity contribution is -0.119. The van der Waals surface area contributed by atoms with Crippen LogP contribution in [-0.4, -0.2) is 38.1 Å². The van der Waals surface area contributed by atoms with E-state index in [-0.39, 0.29) is 17.0 Å². The molecule has 33 heavy (non-hydrogen) atoms. The van der Waals surface area contributed by atoms with Crippen LogP contribution in [0.3, 0.4) is 0 Å². The number of methoxy groups -OCH3 is 1. The molecular formula is C24H21FN2O6. The van der Waals surface area contributed by atoms with Gasteiger partial charge in [0, 0.05) is 5.69 Å². The highest BCUT2D eigenvalue weighted by atomic mass is 19.1. The van der Waals surface area contributed by atoms with E-state index < -0.39 is 36.8 Å². The lowest BCUT2D eigenvalue weighted by atomic mass is 10.2. The third kappa shape index (κ3) is 6.79. The van der Waals surface area contributed by atoms with Crippen molar-refractivity contribution in [2.24, 2.45) is 0 Å². The summed E-state index contributed by atoms with van der Waals surface area (Å²) in [4.78, 5) is 36.6. The van der Waals surface area contributed by atoms with Crippen molar-refractivity contribution in [3.8, 4) is 11.5 Å². The Hall–Kier alpha value is -4.40. The van der Waals surface area contributed by atoms with Crippen LogP contribution in [0.1, 0.15) is 10.4 Å². The Morgan fingerprint density at radius 2 is 1.48 bits per heavy atom. The predicted octanol–water partition coefficient (Wildman–Crippen LogP) is 3.65. The topological polar surface area (TPSA) is 103 Å². The first kappa shape index (κ1) is 23.3. The fourth-order valence-electron chi connectivity index (χ4n) is 2.73. The zero-order valence-corrected chi connectivity index (χ0v) is 17.7. The minimum atomic E-state index is -0.801. The van der Waals surface area contributed by atoms with Crippen LogP contribution in [-0.2, 0) is 14.3 Å². The quantitative estimate of drug-likeness (QED) is 0.481. The molecule has 0 heterocycles. The summed E-state index contributed by atoms with van der Waals surface area (Å²) in [5.41, 5.74) is 0.566. The zero-order chi connectivity index (χ0) is 23.6. The third-order valence-electron chi connectivity index (χ3n) is 4.32. The van der Waals surface area contributed by atoms with E-state index in [1.54, 1.807) is 42.5 Å². The van der Waals surface area contributed by atoms with Crippen LogP contribution in [0.15, 0.2) is 72.8 Å². The number of nitrogens with one attached hydrogen (secondary N) is 2. The molecule has 3 aromatic carbocycles. The molecule has 0 bridgehead atoms. The maximum atomic E-state index is 13.6. The minimum Gasteiger partial charge on any atom is -0.497 e. The lowest BCUT2D eigenvalue weighted by Gasteiger charge is -2.12. The summed E-state index contributed by atoms with van der Waals surface area (Å²) in [6.45, 7) is -0.983. The first-order chi connectivity index (χ1) is 16.0. The van der Waals surface area contributed by atoms with Crippen LogP contribution < -0.4 is 20.1 Å². The van der Waals surface area contributed by atoms with Crippen molar-refractivity contribution in [3.05, 3.63) is 84.2 Å². The van der Waals surface area contributed by atoms with Gasteiger partial charge in [-0.2, -0.15) is 0 Å². The SMILES string of the molecule is COc1ccc(NC(=O)COC(=O)c2ccccc2OCC(=O)Nc2ccccc2F)cc1. The number of hydrogen-bond acceptors (Lipinski definition) is 6. The molecule has 0 aliphatic carbocycles. The largest absolute Gasteiger partial charge is 0.497 e. The van der Waals surface area contributed by atoms with E-state index in [9.17, 15) is 18.8 Å². The first-order valence-electron chi connectivity index (χ1n) is 9.83. The number of ether oxygens (including phenoxy) is 3. The van der Waals surface area contributed by atoms with Gasteiger partial charge in [0.05, 0.1) is 12.8 Å². The maximum absolute atomic E-state index is 13.6. The summed E-state index contributed by atoms with van der Waals surface area (Å²) >= 11 is 0. The Morgan fingerprint density at radius 3 is 2.21 bits per heavy atom. The van der Waals surface area contributed by atoms with Crippen LogP contribution in [0.25, 0.3) is 0 Å². The van der Waals surface area contributed by atoms with Crippen molar-refractivity contribution < 1.29 is 33.0 Å². The molecule has 0 aliphatic rings. The van der Waals surface area contributed by atoms with E-state index in [2.05, 4.69) is 10.6 Å². The van der Waals surface area contributed by atoms with Gasteiger partial charge in [0.2, 0.25) is 0 Å². The highest BCUT2D eigenvalue weighted by Crippen LogP contribution is 2.20. The van der Waals surface area contributed by atoms with Crippen molar-refractivity contribution in [1.29, 1.82) is 0 Å². The van der Waals surface area contributed by atoms with E-state index in [4.69, 9.17) is 14.2 Å². The number of rotatable bonds is 9. The zero-order valence-electron chi connectivity index (χ0n) is 17.7. The number of carbonyl (C=O) groups excluding carboxylic acids is 3. The van der Waals surface area contributed by atoms with Crippen LogP contribution in [0.2, 0.25) is 0 Å². The van der Waals surface area contributed by atoms with Gasteiger partial charge in [0.1, 0.15) is 22.9 Å². The number of esters is 1. The molecule has 3 aromatic rings. The highest BCUT2D eigenvalue weighted by Gasteiger charge is 2.17. The van der Waals surface area contributed by atoms with E-state index in [0.29, 0.717) is 11.4 Å². The molecule has 0 aromatic heterocycles. The molecule has 9 heteroatoms. The fraction of sp³-hybridized carbons (Fsp3) is 0.125. The molecule has 0 fully saturated rings. The van der Waals surface area contributed by atoms with Gasteiger partial charge < -0.3 is 24.8 Å². The number of anilines is 2. The van der Waals surface area contributed by atoms with Gasteiger partial charge in [-0.1, -0.05) is 24.3 Å². The molecule has 0 unspecified atom stereocenters. The molecule has 170 valence electrons. The van der Waals surface area contributed by atoms with Crippen molar-refractivity contribution >= 4 is 29.2 Å². The third-order valence-corrected chi connectivity index (χ3v) is 4.32. The summed E-state index contributed by atoms with van der Waals surface area (Å²) in [5, 5.41) is 4.98. The van der Waals surface area contributed by atoms with E-state index in [1.165, 1.54) is 37.4 Å². The van der Waals surface area contributed by atoms with E-state index >= 15 is 0 Å². The molecule has 0 saturated heterocycles. The Labute approximate surface area is 189 Å². The Kier molecular flexibility index (Phi) is 7.96. The van der Waals surface area contributed by atoms with Gasteiger partial charge >= 0.3 is 5.97 Å². The second-order valence-corrected chi connectivity index (χ2v) is 6.67. The number of amides is 2. The number of carbonyl (C=O) groups is 3. The number of halogens is 1. The van der Waals surface area contributed by atoms with Gasteiger partial charge in [-0.25, -0.2) is 9.18 Å². The van der Waals surface area contributed by atoms with Crippen LogP contribution in [0, 0.1) is 5.82 Å². The Balaban J connectivity index is 1.53. The van der Waals surface area contributed by atoms with Gasteiger partial charge in [0.25, 0.3) is 11.8 Å². The fourth-order valence-corrected chi connectivity index (χ4v) is 2.73. The van der Waals surface area contributed by atoms with Crippen LogP contribution in [0.5, 0.6) is 11.5 Å². The van der Waals surface area contributed by atoms with Crippen molar-refractivity contribution in [2.45, 2.75) is 0 Å². The molecule has 2 N–H and O–H groups in total. The average molecular weight is 452 g/mol. The predicted molar refractivity (Wildman–Crippen MR) is 119 cm³/mol. The smallest absolute Gasteiger partial charge is 0.342 e. The number of hydrogen-bond donors (Lipinski definition) is 2. The normalized spacial score (nSPS) is 10.1. The Morgan fingerprint density at radius 1 is 0.818 bits per heavy atom. The van der Waals surface area contributed by atoms with Crippen molar-refractivity contribution in [1.82, 2.24) is 0 Å². The average Bonchev–Trinajstić information content (AvgIpc) is 2.83. The Bertz CT molecular complexity index is 1130. The van der Waals surface area contributed by atoms with Gasteiger partial charge in [-0.3, -0.25) is 9.59 Å². The number of para-hydroxylation sites is 2. The van der Waals surface area contributed by atoms with Gasteiger partial charge in [-0.05, 0) is 48.5 Å². The monoisotopic (exact) mass is 452 g/mol. The molecule has 2 amide bonds.